The molecule has 0 atom stereocenters. The lowest BCUT2D eigenvalue weighted by Gasteiger charge is -2.12. The number of aliphatic imine (C=N–C) groups is 1. The summed E-state index contributed by atoms with van der Waals surface area (Å²) in [5.74, 6) is -0.529. The first-order valence-electron chi connectivity index (χ1n) is 10.2. The van der Waals surface area contributed by atoms with Gasteiger partial charge >= 0.3 is 5.97 Å². The average molecular weight is 637 g/mol. The second-order valence-corrected chi connectivity index (χ2v) is 10.6. The number of halogens is 3. The van der Waals surface area contributed by atoms with Gasteiger partial charge in [-0.25, -0.2) is 9.79 Å². The molecule has 0 saturated carbocycles. The molecule has 0 unspecified atom stereocenters. The first-order chi connectivity index (χ1) is 16.7. The molecule has 1 N–H and O–H groups in total. The zero-order valence-corrected chi connectivity index (χ0v) is 22.9. The van der Waals surface area contributed by atoms with Gasteiger partial charge in [-0.2, -0.15) is 0 Å². The minimum atomic E-state index is -1.00. The van der Waals surface area contributed by atoms with Crippen LogP contribution in [-0.4, -0.2) is 34.1 Å². The molecule has 0 aliphatic carbocycles. The maximum Gasteiger partial charge on any atom is 0.335 e. The number of benzene rings is 3. The second-order valence-electron chi connectivity index (χ2n) is 7.45. The summed E-state index contributed by atoms with van der Waals surface area (Å²) in [6, 6.07) is 17.4. The summed E-state index contributed by atoms with van der Waals surface area (Å²) in [6.07, 6.45) is 1.79. The Kier molecular flexibility index (Phi) is 8.01. The molecular weight excluding hydrogens is 620 g/mol. The number of likely N-dealkylation sites (N-methyl/N-ethyl adjacent to an activating group) is 1. The van der Waals surface area contributed by atoms with Gasteiger partial charge in [0.2, 0.25) is 0 Å². The smallest absolute Gasteiger partial charge is 0.335 e. The van der Waals surface area contributed by atoms with Gasteiger partial charge in [0, 0.05) is 12.1 Å². The lowest BCUT2D eigenvalue weighted by molar-refractivity contribution is -0.121. The van der Waals surface area contributed by atoms with Crippen molar-refractivity contribution in [2.45, 2.75) is 6.61 Å². The van der Waals surface area contributed by atoms with Crippen LogP contribution in [0, 0.1) is 0 Å². The number of thioether (sulfide) groups is 1. The lowest BCUT2D eigenvalue weighted by atomic mass is 10.2. The van der Waals surface area contributed by atoms with Crippen LogP contribution in [-0.2, 0) is 11.4 Å². The van der Waals surface area contributed by atoms with Crippen LogP contribution in [0.15, 0.2) is 79.5 Å². The number of carboxylic acids is 1. The van der Waals surface area contributed by atoms with E-state index in [0.29, 0.717) is 33.1 Å². The third kappa shape index (κ3) is 6.16. The van der Waals surface area contributed by atoms with Crippen LogP contribution in [0.3, 0.4) is 0 Å². The van der Waals surface area contributed by atoms with Gasteiger partial charge in [-0.15, -0.1) is 0 Å². The summed E-state index contributed by atoms with van der Waals surface area (Å²) < 4.78 is 7.45. The van der Waals surface area contributed by atoms with Gasteiger partial charge in [-0.05, 0) is 109 Å². The Morgan fingerprint density at radius 1 is 1.11 bits per heavy atom. The predicted octanol–water partition coefficient (Wildman–Crippen LogP) is 7.38. The largest absolute Gasteiger partial charge is 0.487 e. The highest BCUT2D eigenvalue weighted by molar-refractivity contribution is 9.11. The average Bonchev–Trinajstić information content (AvgIpc) is 3.07. The first kappa shape index (κ1) is 25.5. The Hall–Kier alpha value is -2.59. The molecule has 0 aromatic heterocycles. The number of amidine groups is 1. The van der Waals surface area contributed by atoms with Gasteiger partial charge in [0.05, 0.1) is 25.1 Å². The molecule has 0 bridgehead atoms. The van der Waals surface area contributed by atoms with Gasteiger partial charge < -0.3 is 9.84 Å². The Bertz CT molecular complexity index is 1340. The van der Waals surface area contributed by atoms with Crippen LogP contribution in [0.1, 0.15) is 21.5 Å². The standard InChI is InChI=1S/C25H17Br2ClN2O4S/c1-30-23(31)21(35-25(30)29-18-8-4-16(5-9-18)24(32)33)12-15-10-19(26)22(20(27)11-15)34-13-14-2-6-17(28)7-3-14/h2-12H,13H2,1H3,(H,32,33). The van der Waals surface area contributed by atoms with E-state index in [1.165, 1.54) is 28.8 Å². The van der Waals surface area contributed by atoms with E-state index in [-0.39, 0.29) is 11.5 Å². The first-order valence-corrected chi connectivity index (χ1v) is 13.0. The second kappa shape index (κ2) is 11.0. The minimum absolute atomic E-state index is 0.175. The fraction of sp³-hybridized carbons (Fsp3) is 0.0800. The van der Waals surface area contributed by atoms with Crippen molar-refractivity contribution in [3.8, 4) is 5.75 Å². The van der Waals surface area contributed by atoms with E-state index in [2.05, 4.69) is 36.9 Å². The number of aromatic carboxylic acids is 1. The molecule has 1 aliphatic heterocycles. The SMILES string of the molecule is CN1C(=O)C(=Cc2cc(Br)c(OCc3ccc(Cl)cc3)c(Br)c2)SC1=Nc1ccc(C(=O)O)cc1. The summed E-state index contributed by atoms with van der Waals surface area (Å²) in [5, 5.41) is 10.2. The monoisotopic (exact) mass is 634 g/mol. The molecule has 6 nitrogen and oxygen atoms in total. The topological polar surface area (TPSA) is 79.2 Å². The minimum Gasteiger partial charge on any atom is -0.487 e. The number of carbonyl (C=O) groups is 2. The van der Waals surface area contributed by atoms with E-state index in [9.17, 15) is 9.59 Å². The highest BCUT2D eigenvalue weighted by Crippen LogP contribution is 2.38. The van der Waals surface area contributed by atoms with Crippen molar-refractivity contribution in [2.75, 3.05) is 7.05 Å². The van der Waals surface area contributed by atoms with Crippen LogP contribution < -0.4 is 4.74 Å². The van der Waals surface area contributed by atoms with Crippen LogP contribution in [0.4, 0.5) is 5.69 Å². The van der Waals surface area contributed by atoms with Crippen LogP contribution in [0.25, 0.3) is 6.08 Å². The molecule has 1 saturated heterocycles. The molecule has 0 radical (unpaired) electrons. The number of ether oxygens (including phenoxy) is 1. The molecule has 1 heterocycles. The van der Waals surface area contributed by atoms with E-state index in [1.54, 1.807) is 25.3 Å². The van der Waals surface area contributed by atoms with E-state index in [4.69, 9.17) is 21.4 Å². The van der Waals surface area contributed by atoms with Gasteiger partial charge in [-0.1, -0.05) is 23.7 Å². The fourth-order valence-corrected chi connectivity index (χ4v) is 5.69. The Morgan fingerprint density at radius 3 is 2.34 bits per heavy atom. The molecule has 3 aromatic carbocycles. The van der Waals surface area contributed by atoms with Crippen molar-refractivity contribution in [3.63, 3.8) is 0 Å². The maximum absolute atomic E-state index is 12.8. The van der Waals surface area contributed by atoms with E-state index < -0.39 is 5.97 Å². The summed E-state index contributed by atoms with van der Waals surface area (Å²) in [5.41, 5.74) is 2.53. The number of carbonyl (C=O) groups excluding carboxylic acids is 1. The molecule has 1 fully saturated rings. The zero-order chi connectivity index (χ0) is 25.1. The molecule has 4 rings (SSSR count). The lowest BCUT2D eigenvalue weighted by Crippen LogP contribution is -2.23. The maximum atomic E-state index is 12.8. The summed E-state index contributed by atoms with van der Waals surface area (Å²) in [7, 11) is 1.65. The summed E-state index contributed by atoms with van der Waals surface area (Å²) in [4.78, 5) is 30.3. The fourth-order valence-electron chi connectivity index (χ4n) is 3.13. The quantitative estimate of drug-likeness (QED) is 0.286. The Morgan fingerprint density at radius 2 is 1.74 bits per heavy atom. The van der Waals surface area contributed by atoms with E-state index >= 15 is 0 Å². The van der Waals surface area contributed by atoms with Crippen molar-refractivity contribution in [1.29, 1.82) is 0 Å². The summed E-state index contributed by atoms with van der Waals surface area (Å²) >= 11 is 14.3. The molecule has 3 aromatic rings. The van der Waals surface area contributed by atoms with E-state index in [0.717, 1.165) is 20.1 Å². The van der Waals surface area contributed by atoms with Gasteiger partial charge in [0.25, 0.3) is 5.91 Å². The number of carboxylic acid groups (broad SMARTS) is 1. The molecule has 0 spiro atoms. The highest BCUT2D eigenvalue weighted by Gasteiger charge is 2.30. The molecule has 35 heavy (non-hydrogen) atoms. The van der Waals surface area contributed by atoms with Crippen molar-refractivity contribution in [3.05, 3.63) is 96.2 Å². The van der Waals surface area contributed by atoms with Gasteiger partial charge in [0.1, 0.15) is 12.4 Å². The van der Waals surface area contributed by atoms with Gasteiger partial charge in [-0.3, -0.25) is 9.69 Å². The normalized spacial score (nSPS) is 15.8. The third-order valence-electron chi connectivity index (χ3n) is 4.96. The highest BCUT2D eigenvalue weighted by atomic mass is 79.9. The number of hydrogen-bond donors (Lipinski definition) is 1. The zero-order valence-electron chi connectivity index (χ0n) is 18.2. The van der Waals surface area contributed by atoms with Crippen molar-refractivity contribution in [2.24, 2.45) is 4.99 Å². The molecule has 1 aliphatic rings. The van der Waals surface area contributed by atoms with Crippen LogP contribution in [0.5, 0.6) is 5.75 Å². The van der Waals surface area contributed by atoms with Crippen molar-refractivity contribution < 1.29 is 19.4 Å². The van der Waals surface area contributed by atoms with E-state index in [1.807, 2.05) is 36.4 Å². The molecule has 1 amide bonds. The number of hydrogen-bond acceptors (Lipinski definition) is 5. The number of nitrogens with zero attached hydrogens (tertiary/aromatic N) is 2. The predicted molar refractivity (Wildman–Crippen MR) is 146 cm³/mol. The van der Waals surface area contributed by atoms with Crippen LogP contribution in [0.2, 0.25) is 5.02 Å². The van der Waals surface area contributed by atoms with Crippen LogP contribution >= 0.6 is 55.2 Å². The molecule has 178 valence electrons. The third-order valence-corrected chi connectivity index (χ3v) is 7.45. The molecular formula is C25H17Br2ClN2O4S. The Labute approximate surface area is 227 Å². The Balaban J connectivity index is 1.52. The number of rotatable bonds is 6. The van der Waals surface area contributed by atoms with Gasteiger partial charge in [0.15, 0.2) is 5.17 Å². The summed E-state index contributed by atoms with van der Waals surface area (Å²) in [6.45, 7) is 0.376. The molecule has 10 heteroatoms. The van der Waals surface area contributed by atoms with Crippen molar-refractivity contribution in [1.82, 2.24) is 4.90 Å². The van der Waals surface area contributed by atoms with Crippen molar-refractivity contribution >= 4 is 84.0 Å². The number of amides is 1.